The van der Waals surface area contributed by atoms with Crippen LogP contribution in [0.1, 0.15) is 32.8 Å². The van der Waals surface area contributed by atoms with E-state index in [2.05, 4.69) is 4.98 Å². The summed E-state index contributed by atoms with van der Waals surface area (Å²) in [5, 5.41) is 0.398. The Morgan fingerprint density at radius 1 is 1.50 bits per heavy atom. The SMILES string of the molecule is CC(C)(C)OC(=O)N1CCC(S(=O)Cc2ccc(Cl)nc2)C1. The second kappa shape index (κ2) is 6.96. The fraction of sp³-hybridized carbons (Fsp3) is 0.600. The van der Waals surface area contributed by atoms with Gasteiger partial charge in [0.05, 0.1) is 11.0 Å². The average Bonchev–Trinajstić information content (AvgIpc) is 2.89. The molecule has 2 unspecified atom stereocenters. The van der Waals surface area contributed by atoms with E-state index < -0.39 is 16.4 Å². The predicted octanol–water partition coefficient (Wildman–Crippen LogP) is 2.99. The number of hydrogen-bond donors (Lipinski definition) is 0. The molecule has 2 rings (SSSR count). The minimum Gasteiger partial charge on any atom is -0.444 e. The third-order valence-electron chi connectivity index (χ3n) is 3.27. The first-order valence-corrected chi connectivity index (χ1v) is 8.96. The molecule has 1 aromatic rings. The van der Waals surface area contributed by atoms with Crippen LogP contribution in [-0.4, -0.2) is 44.1 Å². The highest BCUT2D eigenvalue weighted by Crippen LogP contribution is 2.20. The third-order valence-corrected chi connectivity index (χ3v) is 5.24. The number of halogens is 1. The zero-order valence-corrected chi connectivity index (χ0v) is 14.6. The Balaban J connectivity index is 1.88. The summed E-state index contributed by atoms with van der Waals surface area (Å²) in [5.74, 6) is 0.428. The first-order chi connectivity index (χ1) is 10.2. The Morgan fingerprint density at radius 3 is 2.82 bits per heavy atom. The van der Waals surface area contributed by atoms with E-state index in [0.717, 1.165) is 12.0 Å². The van der Waals surface area contributed by atoms with E-state index in [1.165, 1.54) is 0 Å². The van der Waals surface area contributed by atoms with Crippen LogP contribution in [-0.2, 0) is 21.3 Å². The second-order valence-corrected chi connectivity index (χ2v) is 8.46. The van der Waals surface area contributed by atoms with Gasteiger partial charge in [0.1, 0.15) is 10.8 Å². The molecule has 122 valence electrons. The fourth-order valence-electron chi connectivity index (χ4n) is 2.21. The van der Waals surface area contributed by atoms with Crippen LogP contribution in [0.25, 0.3) is 0 Å². The lowest BCUT2D eigenvalue weighted by atomic mass is 10.2. The average molecular weight is 345 g/mol. The van der Waals surface area contributed by atoms with Crippen LogP contribution in [0.3, 0.4) is 0 Å². The van der Waals surface area contributed by atoms with Gasteiger partial charge >= 0.3 is 6.09 Å². The molecule has 0 aromatic carbocycles. The van der Waals surface area contributed by atoms with Crippen LogP contribution in [0.2, 0.25) is 5.15 Å². The van der Waals surface area contributed by atoms with Gasteiger partial charge in [0.2, 0.25) is 0 Å². The van der Waals surface area contributed by atoms with Gasteiger partial charge in [-0.1, -0.05) is 17.7 Å². The number of nitrogens with zero attached hydrogens (tertiary/aromatic N) is 2. The van der Waals surface area contributed by atoms with Gasteiger partial charge in [-0.15, -0.1) is 0 Å². The van der Waals surface area contributed by atoms with E-state index >= 15 is 0 Å². The summed E-state index contributed by atoms with van der Waals surface area (Å²) < 4.78 is 17.8. The van der Waals surface area contributed by atoms with Crippen molar-refractivity contribution in [3.63, 3.8) is 0 Å². The number of pyridine rings is 1. The largest absolute Gasteiger partial charge is 0.444 e. The summed E-state index contributed by atoms with van der Waals surface area (Å²) >= 11 is 5.74. The van der Waals surface area contributed by atoms with Crippen LogP contribution >= 0.6 is 11.6 Å². The van der Waals surface area contributed by atoms with Gasteiger partial charge in [0, 0.05) is 30.1 Å². The summed E-state index contributed by atoms with van der Waals surface area (Å²) in [6.07, 6.45) is 2.04. The smallest absolute Gasteiger partial charge is 0.410 e. The van der Waals surface area contributed by atoms with Gasteiger partial charge in [-0.3, -0.25) is 4.21 Å². The van der Waals surface area contributed by atoms with Gasteiger partial charge in [-0.25, -0.2) is 9.78 Å². The number of amides is 1. The predicted molar refractivity (Wildman–Crippen MR) is 87.3 cm³/mol. The lowest BCUT2D eigenvalue weighted by Crippen LogP contribution is -2.36. The molecule has 1 aliphatic heterocycles. The van der Waals surface area contributed by atoms with E-state index in [-0.39, 0.29) is 11.3 Å². The number of carbonyl (C=O) groups is 1. The van der Waals surface area contributed by atoms with E-state index in [1.807, 2.05) is 26.8 Å². The van der Waals surface area contributed by atoms with E-state index in [1.54, 1.807) is 17.2 Å². The van der Waals surface area contributed by atoms with Gasteiger partial charge in [-0.2, -0.15) is 0 Å². The van der Waals surface area contributed by atoms with Crippen molar-refractivity contribution < 1.29 is 13.7 Å². The molecular formula is C15H21ClN2O3S. The van der Waals surface area contributed by atoms with Crippen molar-refractivity contribution in [2.75, 3.05) is 13.1 Å². The van der Waals surface area contributed by atoms with Crippen LogP contribution in [0.4, 0.5) is 4.79 Å². The molecular weight excluding hydrogens is 324 g/mol. The highest BCUT2D eigenvalue weighted by molar-refractivity contribution is 7.84. The standard InChI is InChI=1S/C15H21ClN2O3S/c1-15(2,3)21-14(19)18-7-6-12(9-18)22(20)10-11-4-5-13(16)17-8-11/h4-5,8,12H,6-7,9-10H2,1-3H3. The van der Waals surface area contributed by atoms with Crippen molar-refractivity contribution in [1.29, 1.82) is 0 Å². The number of aromatic nitrogens is 1. The summed E-state index contributed by atoms with van der Waals surface area (Å²) in [6, 6.07) is 3.52. The van der Waals surface area contributed by atoms with E-state index in [0.29, 0.717) is 24.0 Å². The number of rotatable bonds is 3. The van der Waals surface area contributed by atoms with Crippen molar-refractivity contribution in [2.45, 2.75) is 43.8 Å². The fourth-order valence-corrected chi connectivity index (χ4v) is 3.77. The zero-order valence-electron chi connectivity index (χ0n) is 13.0. The van der Waals surface area contributed by atoms with E-state index in [9.17, 15) is 9.00 Å². The number of carbonyl (C=O) groups excluding carboxylic acids is 1. The number of hydrogen-bond acceptors (Lipinski definition) is 4. The lowest BCUT2D eigenvalue weighted by Gasteiger charge is -2.24. The minimum atomic E-state index is -1.05. The second-order valence-electron chi connectivity index (χ2n) is 6.35. The molecule has 0 bridgehead atoms. The molecule has 5 nitrogen and oxygen atoms in total. The highest BCUT2D eigenvalue weighted by Gasteiger charge is 2.32. The Kier molecular flexibility index (Phi) is 5.45. The molecule has 0 N–H and O–H groups in total. The molecule has 2 atom stereocenters. The van der Waals surface area contributed by atoms with Gasteiger partial charge < -0.3 is 9.64 Å². The lowest BCUT2D eigenvalue weighted by molar-refractivity contribution is 0.0295. The minimum absolute atomic E-state index is 0.0248. The quantitative estimate of drug-likeness (QED) is 0.791. The monoisotopic (exact) mass is 344 g/mol. The van der Waals surface area contributed by atoms with Gasteiger partial charge in [-0.05, 0) is 38.8 Å². The Hall–Kier alpha value is -1.14. The first kappa shape index (κ1) is 17.2. The van der Waals surface area contributed by atoms with Gasteiger partial charge in [0.25, 0.3) is 0 Å². The van der Waals surface area contributed by atoms with Crippen LogP contribution in [0, 0.1) is 0 Å². The van der Waals surface area contributed by atoms with Crippen molar-refractivity contribution in [3.05, 3.63) is 29.0 Å². The maximum atomic E-state index is 12.4. The van der Waals surface area contributed by atoms with Crippen LogP contribution in [0.5, 0.6) is 0 Å². The van der Waals surface area contributed by atoms with Crippen LogP contribution in [0.15, 0.2) is 18.3 Å². The molecule has 2 heterocycles. The Bertz CT molecular complexity index is 557. The maximum Gasteiger partial charge on any atom is 0.410 e. The number of likely N-dealkylation sites (tertiary alicyclic amines) is 1. The summed E-state index contributed by atoms with van der Waals surface area (Å²) in [4.78, 5) is 17.6. The molecule has 0 saturated carbocycles. The molecule has 1 fully saturated rings. The van der Waals surface area contributed by atoms with Crippen molar-refractivity contribution in [1.82, 2.24) is 9.88 Å². The molecule has 22 heavy (non-hydrogen) atoms. The normalized spacial score (nSPS) is 20.0. The Labute approximate surface area is 138 Å². The zero-order chi connectivity index (χ0) is 16.3. The van der Waals surface area contributed by atoms with Crippen molar-refractivity contribution >= 4 is 28.5 Å². The molecule has 1 saturated heterocycles. The molecule has 0 radical (unpaired) electrons. The molecule has 7 heteroatoms. The Morgan fingerprint density at radius 2 is 2.23 bits per heavy atom. The first-order valence-electron chi connectivity index (χ1n) is 7.20. The topological polar surface area (TPSA) is 59.5 Å². The van der Waals surface area contributed by atoms with Gasteiger partial charge in [0.15, 0.2) is 0 Å². The maximum absolute atomic E-state index is 12.4. The third kappa shape index (κ3) is 4.95. The van der Waals surface area contributed by atoms with Crippen molar-refractivity contribution in [2.24, 2.45) is 0 Å². The van der Waals surface area contributed by atoms with E-state index in [4.69, 9.17) is 16.3 Å². The summed E-state index contributed by atoms with van der Waals surface area (Å²) in [5.41, 5.74) is 0.377. The summed E-state index contributed by atoms with van der Waals surface area (Å²) in [7, 11) is -1.05. The van der Waals surface area contributed by atoms with Crippen molar-refractivity contribution in [3.8, 4) is 0 Å². The molecule has 0 aliphatic carbocycles. The molecule has 1 aromatic heterocycles. The highest BCUT2D eigenvalue weighted by atomic mass is 35.5. The molecule has 1 amide bonds. The molecule has 1 aliphatic rings. The number of ether oxygens (including phenoxy) is 1. The van der Waals surface area contributed by atoms with Crippen LogP contribution < -0.4 is 0 Å². The summed E-state index contributed by atoms with van der Waals surface area (Å²) in [6.45, 7) is 6.57. The molecule has 0 spiro atoms.